The predicted octanol–water partition coefficient (Wildman–Crippen LogP) is 8.27. The number of alkyl halides is 6. The molecule has 6 atom stereocenters. The highest BCUT2D eigenvalue weighted by Gasteiger charge is 2.45. The minimum absolute atomic E-state index is 0.0172. The monoisotopic (exact) mass is 758 g/mol. The lowest BCUT2D eigenvalue weighted by Gasteiger charge is -2.41. The Morgan fingerprint density at radius 1 is 1.04 bits per heavy atom. The average Bonchev–Trinajstić information content (AvgIpc) is 3.36. The van der Waals surface area contributed by atoms with Gasteiger partial charge in [0.2, 0.25) is 5.96 Å². The molecule has 5 rings (SSSR count). The quantitative estimate of drug-likeness (QED) is 0.169. The maximum absolute atomic E-state index is 13.7. The molecule has 9 nitrogen and oxygen atoms in total. The third kappa shape index (κ3) is 8.51. The Hall–Kier alpha value is -3.85. The number of hydrogen-bond donors (Lipinski definition) is 0. The number of nitrogens with zero attached hydrogens (tertiary/aromatic N) is 4. The van der Waals surface area contributed by atoms with Crippen molar-refractivity contribution in [1.29, 1.82) is 0 Å². The maximum Gasteiger partial charge on any atom is 0.416 e. The summed E-state index contributed by atoms with van der Waals surface area (Å²) >= 11 is 6.80. The third-order valence-electron chi connectivity index (χ3n) is 10.1. The van der Waals surface area contributed by atoms with Crippen LogP contribution in [-0.4, -0.2) is 86.1 Å². The molecule has 2 aromatic rings. The Bertz CT molecular complexity index is 1660. The number of halogens is 7. The molecule has 52 heavy (non-hydrogen) atoms. The number of esters is 1. The second-order valence-electron chi connectivity index (χ2n) is 13.5. The number of guanidine groups is 1. The van der Waals surface area contributed by atoms with Crippen LogP contribution >= 0.6 is 11.6 Å². The van der Waals surface area contributed by atoms with Crippen molar-refractivity contribution in [2.75, 3.05) is 33.9 Å². The Labute approximate surface area is 303 Å². The first-order valence-corrected chi connectivity index (χ1v) is 17.4. The van der Waals surface area contributed by atoms with Gasteiger partial charge in [0.25, 0.3) is 0 Å². The van der Waals surface area contributed by atoms with Crippen molar-refractivity contribution in [2.45, 2.75) is 88.5 Å². The van der Waals surface area contributed by atoms with Crippen LogP contribution in [-0.2, 0) is 31.4 Å². The van der Waals surface area contributed by atoms with Crippen LogP contribution in [0.1, 0.15) is 85.8 Å². The van der Waals surface area contributed by atoms with E-state index >= 15 is 0 Å². The fourth-order valence-electron chi connectivity index (χ4n) is 6.85. The second-order valence-corrected chi connectivity index (χ2v) is 13.9. The van der Waals surface area contributed by atoms with E-state index < -0.39 is 59.2 Å². The van der Waals surface area contributed by atoms with Crippen molar-refractivity contribution in [2.24, 2.45) is 15.9 Å². The van der Waals surface area contributed by atoms with Crippen LogP contribution in [0.5, 0.6) is 0 Å². The zero-order chi connectivity index (χ0) is 38.1. The summed E-state index contributed by atoms with van der Waals surface area (Å²) in [6, 6.07) is 5.19. The van der Waals surface area contributed by atoms with E-state index in [1.165, 1.54) is 18.9 Å². The number of aliphatic imine (C=N–C) groups is 2. The van der Waals surface area contributed by atoms with Crippen molar-refractivity contribution >= 4 is 35.8 Å². The number of carbonyl (C=O) groups is 2. The van der Waals surface area contributed by atoms with Gasteiger partial charge in [0, 0.05) is 43.9 Å². The van der Waals surface area contributed by atoms with E-state index in [1.54, 1.807) is 19.4 Å². The van der Waals surface area contributed by atoms with Gasteiger partial charge in [0.05, 0.1) is 42.3 Å². The smallest absolute Gasteiger partial charge is 0.416 e. The van der Waals surface area contributed by atoms with Crippen LogP contribution in [0, 0.1) is 5.92 Å². The van der Waals surface area contributed by atoms with Crippen LogP contribution in [0.3, 0.4) is 0 Å². The topological polar surface area (TPSA) is 93.0 Å². The number of amides is 1. The molecule has 0 bridgehead atoms. The van der Waals surface area contributed by atoms with E-state index in [9.17, 15) is 35.9 Å². The van der Waals surface area contributed by atoms with Crippen molar-refractivity contribution in [3.05, 3.63) is 69.2 Å². The first kappa shape index (κ1) is 39.4. The predicted molar refractivity (Wildman–Crippen MR) is 182 cm³/mol. The van der Waals surface area contributed by atoms with Gasteiger partial charge in [-0.2, -0.15) is 26.3 Å². The Morgan fingerprint density at radius 2 is 1.69 bits per heavy atom. The normalized spacial score (nSPS) is 23.6. The summed E-state index contributed by atoms with van der Waals surface area (Å²) in [7, 11) is 2.95. The van der Waals surface area contributed by atoms with E-state index in [4.69, 9.17) is 30.8 Å². The largest absolute Gasteiger partial charge is 0.469 e. The minimum atomic E-state index is -5.07. The fraction of sp³-hybridized carbons (Fsp3) is 0.556. The van der Waals surface area contributed by atoms with Crippen molar-refractivity contribution in [3.8, 4) is 0 Å². The molecular weight excluding hydrogens is 718 g/mol. The van der Waals surface area contributed by atoms with Gasteiger partial charge in [0.1, 0.15) is 6.10 Å². The first-order chi connectivity index (χ1) is 24.4. The summed E-state index contributed by atoms with van der Waals surface area (Å²) in [5.74, 6) is -0.654. The zero-order valence-electron chi connectivity index (χ0n) is 29.3. The molecule has 0 spiro atoms. The highest BCUT2D eigenvalue weighted by Crippen LogP contribution is 2.42. The molecule has 0 N–H and O–H groups in total. The van der Waals surface area contributed by atoms with Gasteiger partial charge in [-0.15, -0.1) is 0 Å². The molecule has 2 aromatic carbocycles. The molecule has 3 heterocycles. The van der Waals surface area contributed by atoms with Crippen LogP contribution < -0.4 is 0 Å². The molecule has 0 aromatic heterocycles. The molecule has 2 saturated heterocycles. The van der Waals surface area contributed by atoms with Crippen LogP contribution in [0.25, 0.3) is 0 Å². The molecule has 0 saturated carbocycles. The average molecular weight is 759 g/mol. The lowest BCUT2D eigenvalue weighted by atomic mass is 9.84. The standard InChI is InChI=1S/C36H41ClF6N4O5/c1-6-21(8-7-19(2)32(48)51-5)22-9-10-29(37)27(13-22)28-15-44-33(46-16-26(17-46)50-4)45-30(28)18-47-20(3)31(52-34(47)49)23-11-24(35(38,39)40)14-25(12-23)36(41,42)43/h9-15,19-21,26,28,30-31H,6-8,16-18H2,1-5H3. The number of carbonyl (C=O) groups excluding carboxylic acids is 2. The van der Waals surface area contributed by atoms with E-state index in [2.05, 4.69) is 4.99 Å². The number of hydrogen-bond acceptors (Lipinski definition) is 8. The molecule has 284 valence electrons. The van der Waals surface area contributed by atoms with Crippen LogP contribution in [0.2, 0.25) is 5.02 Å². The van der Waals surface area contributed by atoms with Gasteiger partial charge < -0.3 is 19.1 Å². The Kier molecular flexibility index (Phi) is 11.8. The highest BCUT2D eigenvalue weighted by atomic mass is 35.5. The molecule has 0 radical (unpaired) electrons. The number of benzene rings is 2. The summed E-state index contributed by atoms with van der Waals surface area (Å²) in [5, 5.41) is 0.420. The molecule has 6 unspecified atom stereocenters. The van der Waals surface area contributed by atoms with E-state index in [0.29, 0.717) is 54.6 Å². The maximum atomic E-state index is 13.7. The van der Waals surface area contributed by atoms with E-state index in [-0.39, 0.29) is 36.5 Å². The number of likely N-dealkylation sites (tertiary alicyclic amines) is 1. The van der Waals surface area contributed by atoms with E-state index in [0.717, 1.165) is 12.0 Å². The number of rotatable bonds is 11. The molecule has 1 amide bonds. The number of methoxy groups -OCH3 is 2. The number of cyclic esters (lactones) is 1. The van der Waals surface area contributed by atoms with Gasteiger partial charge in [-0.3, -0.25) is 9.69 Å². The van der Waals surface area contributed by atoms with Gasteiger partial charge in [-0.1, -0.05) is 37.6 Å². The van der Waals surface area contributed by atoms with Crippen LogP contribution in [0.15, 0.2) is 46.4 Å². The molecule has 3 aliphatic rings. The third-order valence-corrected chi connectivity index (χ3v) is 10.5. The summed E-state index contributed by atoms with van der Waals surface area (Å²) in [4.78, 5) is 38.1. The number of ether oxygens (including phenoxy) is 3. The van der Waals surface area contributed by atoms with Gasteiger partial charge in [0.15, 0.2) is 0 Å². The Morgan fingerprint density at radius 3 is 2.27 bits per heavy atom. The molecule has 2 fully saturated rings. The van der Waals surface area contributed by atoms with Crippen molar-refractivity contribution < 1.29 is 50.1 Å². The van der Waals surface area contributed by atoms with Crippen LogP contribution in [0.4, 0.5) is 31.1 Å². The summed E-state index contributed by atoms with van der Waals surface area (Å²) < 4.78 is 97.8. The summed E-state index contributed by atoms with van der Waals surface area (Å²) in [6.07, 6.45) is -8.69. The fourth-order valence-corrected chi connectivity index (χ4v) is 7.09. The second kappa shape index (κ2) is 15.6. The first-order valence-electron chi connectivity index (χ1n) is 17.0. The lowest BCUT2D eigenvalue weighted by Crippen LogP contribution is -2.55. The minimum Gasteiger partial charge on any atom is -0.469 e. The lowest BCUT2D eigenvalue weighted by molar-refractivity contribution is -0.145. The van der Waals surface area contributed by atoms with Crippen molar-refractivity contribution in [1.82, 2.24) is 9.80 Å². The van der Waals surface area contributed by atoms with Gasteiger partial charge in [-0.25, -0.2) is 14.8 Å². The SMILES string of the molecule is CCC(CCC(C)C(=O)OC)c1ccc(Cl)c(C2C=NC(N3CC(OC)C3)=NC2CN2C(=O)OC(c3cc(C(F)(F)F)cc(C(F)(F)F)c3)C2C)c1. The Balaban J connectivity index is 1.46. The molecular formula is C36H41ClF6N4O5. The van der Waals surface area contributed by atoms with Gasteiger partial charge in [-0.05, 0) is 73.1 Å². The molecule has 16 heteroatoms. The summed E-state index contributed by atoms with van der Waals surface area (Å²) in [6.45, 7) is 6.33. The highest BCUT2D eigenvalue weighted by molar-refractivity contribution is 6.31. The van der Waals surface area contributed by atoms with Crippen molar-refractivity contribution in [3.63, 3.8) is 0 Å². The van der Waals surface area contributed by atoms with Gasteiger partial charge >= 0.3 is 24.4 Å². The zero-order valence-corrected chi connectivity index (χ0v) is 30.1. The van der Waals surface area contributed by atoms with E-state index in [1.807, 2.05) is 30.9 Å². The summed E-state index contributed by atoms with van der Waals surface area (Å²) in [5.41, 5.74) is -1.77. The molecule has 3 aliphatic heterocycles. The molecule has 0 aliphatic carbocycles.